The molecule has 1 heterocycles. The zero-order valence-corrected chi connectivity index (χ0v) is 12.5. The molecule has 0 radical (unpaired) electrons. The van der Waals surface area contributed by atoms with Gasteiger partial charge in [0.05, 0.1) is 6.61 Å². The van der Waals surface area contributed by atoms with Gasteiger partial charge in [-0.25, -0.2) is 0 Å². The molecule has 0 aromatic heterocycles. The van der Waals surface area contributed by atoms with E-state index in [0.717, 1.165) is 19.1 Å². The van der Waals surface area contributed by atoms with Crippen molar-refractivity contribution in [3.8, 4) is 0 Å². The van der Waals surface area contributed by atoms with E-state index in [0.29, 0.717) is 11.3 Å². The van der Waals surface area contributed by atoms with Crippen LogP contribution in [-0.2, 0) is 4.74 Å². The molecule has 1 saturated carbocycles. The van der Waals surface area contributed by atoms with Crippen LogP contribution < -0.4 is 5.73 Å². The van der Waals surface area contributed by atoms with Gasteiger partial charge in [0.1, 0.15) is 0 Å². The van der Waals surface area contributed by atoms with E-state index >= 15 is 0 Å². The van der Waals surface area contributed by atoms with Crippen molar-refractivity contribution in [3.05, 3.63) is 0 Å². The van der Waals surface area contributed by atoms with E-state index in [9.17, 15) is 0 Å². The van der Waals surface area contributed by atoms with Gasteiger partial charge in [0.2, 0.25) is 0 Å². The van der Waals surface area contributed by atoms with Crippen LogP contribution in [0, 0.1) is 17.3 Å². The molecular formula is C16H31NO. The predicted molar refractivity (Wildman–Crippen MR) is 76.5 cm³/mol. The normalized spacial score (nSPS) is 38.7. The summed E-state index contributed by atoms with van der Waals surface area (Å²) in [4.78, 5) is 0. The van der Waals surface area contributed by atoms with E-state index in [1.54, 1.807) is 0 Å². The average Bonchev–Trinajstić information content (AvgIpc) is 2.40. The molecular weight excluding hydrogens is 222 g/mol. The molecule has 0 bridgehead atoms. The van der Waals surface area contributed by atoms with E-state index < -0.39 is 0 Å². The van der Waals surface area contributed by atoms with Crippen LogP contribution in [0.1, 0.15) is 65.7 Å². The highest BCUT2D eigenvalue weighted by atomic mass is 16.5. The maximum absolute atomic E-state index is 6.70. The summed E-state index contributed by atoms with van der Waals surface area (Å²) < 4.78 is 5.64. The summed E-state index contributed by atoms with van der Waals surface area (Å²) in [5.41, 5.74) is 7.26. The smallest absolute Gasteiger partial charge is 0.0511 e. The minimum absolute atomic E-state index is 0.0702. The third-order valence-corrected chi connectivity index (χ3v) is 5.91. The second kappa shape index (κ2) is 5.50. The van der Waals surface area contributed by atoms with Gasteiger partial charge in [0.25, 0.3) is 0 Å². The molecule has 0 spiro atoms. The molecule has 1 saturated heterocycles. The van der Waals surface area contributed by atoms with Gasteiger partial charge in [-0.2, -0.15) is 0 Å². The fourth-order valence-corrected chi connectivity index (χ4v) is 3.83. The van der Waals surface area contributed by atoms with Crippen molar-refractivity contribution in [2.24, 2.45) is 23.0 Å². The molecule has 106 valence electrons. The standard InChI is InChI=1S/C16H31NO/c1-4-15(2,3)13-7-9-16(17,10-8-13)14-6-5-11-18-12-14/h13-14H,4-12,17H2,1-3H3. The van der Waals surface area contributed by atoms with E-state index in [-0.39, 0.29) is 5.54 Å². The second-order valence-corrected chi connectivity index (χ2v) is 7.26. The molecule has 1 atom stereocenters. The van der Waals surface area contributed by atoms with Crippen LogP contribution in [0.5, 0.6) is 0 Å². The van der Waals surface area contributed by atoms with E-state index in [4.69, 9.17) is 10.5 Å². The summed E-state index contributed by atoms with van der Waals surface area (Å²) in [6.45, 7) is 9.01. The molecule has 1 aliphatic heterocycles. The van der Waals surface area contributed by atoms with Crippen molar-refractivity contribution in [1.29, 1.82) is 0 Å². The van der Waals surface area contributed by atoms with Crippen LogP contribution in [0.15, 0.2) is 0 Å². The summed E-state index contributed by atoms with van der Waals surface area (Å²) in [6.07, 6.45) is 8.79. The summed E-state index contributed by atoms with van der Waals surface area (Å²) in [7, 11) is 0. The lowest BCUT2D eigenvalue weighted by atomic mass is 9.62. The zero-order valence-electron chi connectivity index (χ0n) is 12.5. The molecule has 2 rings (SSSR count). The Morgan fingerprint density at radius 3 is 2.39 bits per heavy atom. The van der Waals surface area contributed by atoms with Crippen molar-refractivity contribution in [1.82, 2.24) is 0 Å². The molecule has 18 heavy (non-hydrogen) atoms. The SMILES string of the molecule is CCC(C)(C)C1CCC(N)(C2CCCOC2)CC1. The minimum atomic E-state index is 0.0702. The van der Waals surface area contributed by atoms with E-state index in [2.05, 4.69) is 20.8 Å². The van der Waals surface area contributed by atoms with Crippen molar-refractivity contribution in [3.63, 3.8) is 0 Å². The Kier molecular flexibility index (Phi) is 4.38. The molecule has 0 amide bonds. The quantitative estimate of drug-likeness (QED) is 0.831. The number of nitrogens with two attached hydrogens (primary N) is 1. The highest BCUT2D eigenvalue weighted by Crippen LogP contribution is 2.45. The first-order valence-electron chi connectivity index (χ1n) is 7.84. The molecule has 2 heteroatoms. The van der Waals surface area contributed by atoms with Crippen LogP contribution >= 0.6 is 0 Å². The number of hydrogen-bond donors (Lipinski definition) is 1. The van der Waals surface area contributed by atoms with Crippen LogP contribution in [0.2, 0.25) is 0 Å². The zero-order chi connectivity index (χ0) is 13.2. The van der Waals surface area contributed by atoms with E-state index in [1.807, 2.05) is 0 Å². The van der Waals surface area contributed by atoms with Gasteiger partial charge >= 0.3 is 0 Å². The highest BCUT2D eigenvalue weighted by Gasteiger charge is 2.42. The number of rotatable bonds is 3. The fourth-order valence-electron chi connectivity index (χ4n) is 3.83. The summed E-state index contributed by atoms with van der Waals surface area (Å²) in [5, 5.41) is 0. The monoisotopic (exact) mass is 253 g/mol. The largest absolute Gasteiger partial charge is 0.381 e. The maximum atomic E-state index is 6.70. The first-order chi connectivity index (χ1) is 8.48. The molecule has 1 aliphatic carbocycles. The summed E-state index contributed by atoms with van der Waals surface area (Å²) >= 11 is 0. The fraction of sp³-hybridized carbons (Fsp3) is 1.00. The number of hydrogen-bond acceptors (Lipinski definition) is 2. The summed E-state index contributed by atoms with van der Waals surface area (Å²) in [6, 6.07) is 0. The van der Waals surface area contributed by atoms with Gasteiger partial charge in [0.15, 0.2) is 0 Å². The van der Waals surface area contributed by atoms with Crippen molar-refractivity contribution in [2.45, 2.75) is 71.3 Å². The molecule has 0 aromatic carbocycles. The van der Waals surface area contributed by atoms with Crippen molar-refractivity contribution < 1.29 is 4.74 Å². The molecule has 1 unspecified atom stereocenters. The third kappa shape index (κ3) is 2.91. The van der Waals surface area contributed by atoms with Crippen molar-refractivity contribution in [2.75, 3.05) is 13.2 Å². The van der Waals surface area contributed by atoms with Crippen molar-refractivity contribution >= 4 is 0 Å². The predicted octanol–water partition coefficient (Wildman–Crippen LogP) is 3.74. The highest BCUT2D eigenvalue weighted by molar-refractivity contribution is 4.98. The van der Waals surface area contributed by atoms with Crippen LogP contribution in [-0.4, -0.2) is 18.8 Å². The Morgan fingerprint density at radius 2 is 1.89 bits per heavy atom. The molecule has 2 nitrogen and oxygen atoms in total. The van der Waals surface area contributed by atoms with Gasteiger partial charge < -0.3 is 10.5 Å². The first-order valence-corrected chi connectivity index (χ1v) is 7.84. The van der Waals surface area contributed by atoms with Gasteiger partial charge in [-0.05, 0) is 49.9 Å². The molecule has 2 aliphatic rings. The number of ether oxygens (including phenoxy) is 1. The third-order valence-electron chi connectivity index (χ3n) is 5.91. The Bertz CT molecular complexity index is 260. The van der Waals surface area contributed by atoms with Gasteiger partial charge in [-0.1, -0.05) is 27.2 Å². The minimum Gasteiger partial charge on any atom is -0.381 e. The van der Waals surface area contributed by atoms with Crippen LogP contribution in [0.3, 0.4) is 0 Å². The molecule has 2 N–H and O–H groups in total. The summed E-state index contributed by atoms with van der Waals surface area (Å²) in [5.74, 6) is 1.47. The Balaban J connectivity index is 1.92. The second-order valence-electron chi connectivity index (χ2n) is 7.26. The van der Waals surface area contributed by atoms with Crippen LogP contribution in [0.4, 0.5) is 0 Å². The Morgan fingerprint density at radius 1 is 1.22 bits per heavy atom. The maximum Gasteiger partial charge on any atom is 0.0511 e. The van der Waals surface area contributed by atoms with Crippen LogP contribution in [0.25, 0.3) is 0 Å². The lowest BCUT2D eigenvalue weighted by Gasteiger charge is -2.47. The lowest BCUT2D eigenvalue weighted by molar-refractivity contribution is -0.00266. The van der Waals surface area contributed by atoms with Gasteiger partial charge in [-0.3, -0.25) is 0 Å². The van der Waals surface area contributed by atoms with Gasteiger partial charge in [0, 0.05) is 18.1 Å². The Labute approximate surface area is 113 Å². The molecule has 0 aromatic rings. The molecule has 2 fully saturated rings. The lowest BCUT2D eigenvalue weighted by Crippen LogP contribution is -2.53. The Hall–Kier alpha value is -0.0800. The average molecular weight is 253 g/mol. The first kappa shape index (κ1) is 14.3. The van der Waals surface area contributed by atoms with E-state index in [1.165, 1.54) is 44.9 Å². The topological polar surface area (TPSA) is 35.2 Å². The van der Waals surface area contributed by atoms with Gasteiger partial charge in [-0.15, -0.1) is 0 Å².